The van der Waals surface area contributed by atoms with Crippen LogP contribution >= 0.6 is 0 Å². The number of piperidine rings is 1. The van der Waals surface area contributed by atoms with E-state index in [-0.39, 0.29) is 23.9 Å². The molecule has 1 amide bonds. The molecule has 5 nitrogen and oxygen atoms in total. The fourth-order valence-corrected chi connectivity index (χ4v) is 3.69. The van der Waals surface area contributed by atoms with Crippen LogP contribution < -0.4 is 0 Å². The molecule has 1 fully saturated rings. The first-order valence-corrected chi connectivity index (χ1v) is 10.5. The summed E-state index contributed by atoms with van der Waals surface area (Å²) in [4.78, 5) is 24.6. The molecule has 0 saturated carbocycles. The van der Waals surface area contributed by atoms with Crippen molar-refractivity contribution in [3.05, 3.63) is 48.0 Å². The maximum absolute atomic E-state index is 14.8. The number of hydrogen-bond acceptors (Lipinski definition) is 3. The molecule has 0 spiro atoms. The average Bonchev–Trinajstić information content (AvgIpc) is 2.70. The molecule has 30 heavy (non-hydrogen) atoms. The van der Waals surface area contributed by atoms with Crippen LogP contribution in [0, 0.1) is 0 Å². The highest BCUT2D eigenvalue weighted by atomic mass is 19.3. The monoisotopic (exact) mass is 423 g/mol. The first-order valence-electron chi connectivity index (χ1n) is 10.5. The minimum atomic E-state index is -3.47. The molecule has 1 aromatic carbocycles. The fourth-order valence-electron chi connectivity index (χ4n) is 3.69. The van der Waals surface area contributed by atoms with E-state index < -0.39 is 17.5 Å². The zero-order chi connectivity index (χ0) is 22.2. The van der Waals surface area contributed by atoms with Gasteiger partial charge in [-0.05, 0) is 38.7 Å². The molecule has 0 aliphatic carbocycles. The van der Waals surface area contributed by atoms with Gasteiger partial charge >= 0.3 is 11.9 Å². The molecule has 1 aliphatic rings. The average molecular weight is 424 g/mol. The van der Waals surface area contributed by atoms with Crippen molar-refractivity contribution < 1.29 is 28.6 Å². The van der Waals surface area contributed by atoms with Gasteiger partial charge in [-0.1, -0.05) is 49.2 Å². The number of aliphatic hydroxyl groups is 1. The Labute approximate surface area is 176 Å². The van der Waals surface area contributed by atoms with Gasteiger partial charge in [-0.25, -0.2) is 0 Å². The van der Waals surface area contributed by atoms with Crippen LogP contribution in [0.4, 0.5) is 8.78 Å². The van der Waals surface area contributed by atoms with Gasteiger partial charge in [0.2, 0.25) is 5.91 Å². The molecule has 2 atom stereocenters. The summed E-state index contributed by atoms with van der Waals surface area (Å²) in [6, 6.07) is 6.87. The Morgan fingerprint density at radius 1 is 1.20 bits per heavy atom. The SMILES string of the molecule is CC(O)(/C=C/[C@H]1CCCC(=O)N1CCCCCCC(=O)O)C(F)(F)c1ccccc1. The lowest BCUT2D eigenvalue weighted by atomic mass is 9.89. The van der Waals surface area contributed by atoms with Crippen LogP contribution in [0.5, 0.6) is 0 Å². The highest BCUT2D eigenvalue weighted by Crippen LogP contribution is 2.40. The van der Waals surface area contributed by atoms with Crippen molar-refractivity contribution in [3.8, 4) is 0 Å². The highest BCUT2D eigenvalue weighted by Gasteiger charge is 2.48. The van der Waals surface area contributed by atoms with Crippen molar-refractivity contribution in [2.75, 3.05) is 6.54 Å². The van der Waals surface area contributed by atoms with Gasteiger partial charge in [-0.15, -0.1) is 0 Å². The first kappa shape index (κ1) is 24.0. The molecule has 1 saturated heterocycles. The Morgan fingerprint density at radius 2 is 1.87 bits per heavy atom. The highest BCUT2D eigenvalue weighted by molar-refractivity contribution is 5.77. The number of carboxylic acids is 1. The molecule has 1 unspecified atom stereocenters. The second-order valence-corrected chi connectivity index (χ2v) is 8.05. The van der Waals surface area contributed by atoms with Crippen LogP contribution in [0.15, 0.2) is 42.5 Å². The standard InChI is InChI=1S/C23H31F2NO4/c1-22(30,23(24,25)18-10-5-4-6-11-18)16-15-19-12-9-13-20(27)26(19)17-8-3-2-7-14-21(28)29/h4-6,10-11,15-16,19,30H,2-3,7-9,12-14,17H2,1H3,(H,28,29)/b16-15+/t19-,22?/m1/s1. The van der Waals surface area contributed by atoms with E-state index in [1.807, 2.05) is 0 Å². The van der Waals surface area contributed by atoms with Crippen molar-refractivity contribution in [3.63, 3.8) is 0 Å². The molecule has 0 aromatic heterocycles. The number of carbonyl (C=O) groups is 2. The van der Waals surface area contributed by atoms with E-state index in [1.165, 1.54) is 30.3 Å². The summed E-state index contributed by atoms with van der Waals surface area (Å²) < 4.78 is 29.6. The number of carboxylic acid groups (broad SMARTS) is 1. The number of alkyl halides is 2. The third kappa shape index (κ3) is 6.36. The summed E-state index contributed by atoms with van der Waals surface area (Å²) in [5.41, 5.74) is -2.66. The molecule has 1 aliphatic heterocycles. The number of benzene rings is 1. The van der Waals surface area contributed by atoms with Gasteiger partial charge in [-0.2, -0.15) is 8.78 Å². The maximum atomic E-state index is 14.8. The van der Waals surface area contributed by atoms with Gasteiger partial charge in [0.25, 0.3) is 0 Å². The Kier molecular flexibility index (Phi) is 8.53. The number of unbranched alkanes of at least 4 members (excludes halogenated alkanes) is 3. The third-order valence-electron chi connectivity index (χ3n) is 5.57. The van der Waals surface area contributed by atoms with Crippen LogP contribution in [0.25, 0.3) is 0 Å². The van der Waals surface area contributed by atoms with E-state index in [0.717, 1.165) is 32.3 Å². The molecular weight excluding hydrogens is 392 g/mol. The Morgan fingerprint density at radius 3 is 2.53 bits per heavy atom. The summed E-state index contributed by atoms with van der Waals surface area (Å²) in [6.45, 7) is 1.58. The predicted molar refractivity (Wildman–Crippen MR) is 110 cm³/mol. The summed E-state index contributed by atoms with van der Waals surface area (Å²) in [5.74, 6) is -4.31. The number of carbonyl (C=O) groups excluding carboxylic acids is 1. The van der Waals surface area contributed by atoms with E-state index in [0.29, 0.717) is 32.2 Å². The number of likely N-dealkylation sites (tertiary alicyclic amines) is 1. The van der Waals surface area contributed by atoms with Crippen LogP contribution in [0.3, 0.4) is 0 Å². The first-order chi connectivity index (χ1) is 14.1. The third-order valence-corrected chi connectivity index (χ3v) is 5.57. The lowest BCUT2D eigenvalue weighted by Crippen LogP contribution is -2.45. The van der Waals surface area contributed by atoms with Gasteiger partial charge < -0.3 is 15.1 Å². The molecule has 1 heterocycles. The molecule has 7 heteroatoms. The van der Waals surface area contributed by atoms with Crippen LogP contribution in [-0.4, -0.2) is 45.2 Å². The zero-order valence-electron chi connectivity index (χ0n) is 17.4. The minimum Gasteiger partial charge on any atom is -0.481 e. The van der Waals surface area contributed by atoms with E-state index in [4.69, 9.17) is 5.11 Å². The predicted octanol–water partition coefficient (Wildman–Crippen LogP) is 4.50. The van der Waals surface area contributed by atoms with Crippen molar-refractivity contribution in [2.24, 2.45) is 0 Å². The summed E-state index contributed by atoms with van der Waals surface area (Å²) >= 11 is 0. The topological polar surface area (TPSA) is 77.8 Å². The molecule has 2 rings (SSSR count). The van der Waals surface area contributed by atoms with Gasteiger partial charge in [-0.3, -0.25) is 9.59 Å². The molecular formula is C23H31F2NO4. The van der Waals surface area contributed by atoms with E-state index in [1.54, 1.807) is 11.0 Å². The Hall–Kier alpha value is -2.28. The number of aliphatic carboxylic acids is 1. The van der Waals surface area contributed by atoms with E-state index in [2.05, 4.69) is 0 Å². The van der Waals surface area contributed by atoms with Crippen molar-refractivity contribution in [2.45, 2.75) is 75.9 Å². The van der Waals surface area contributed by atoms with Crippen molar-refractivity contribution in [1.29, 1.82) is 0 Å². The van der Waals surface area contributed by atoms with E-state index >= 15 is 0 Å². The Bertz CT molecular complexity index is 734. The molecule has 0 bridgehead atoms. The minimum absolute atomic E-state index is 0.0177. The van der Waals surface area contributed by atoms with E-state index in [9.17, 15) is 23.5 Å². The van der Waals surface area contributed by atoms with Gasteiger partial charge in [0, 0.05) is 24.9 Å². The van der Waals surface area contributed by atoms with Crippen LogP contribution in [0.2, 0.25) is 0 Å². The second-order valence-electron chi connectivity index (χ2n) is 8.05. The smallest absolute Gasteiger partial charge is 0.304 e. The summed E-state index contributed by atoms with van der Waals surface area (Å²) in [5, 5.41) is 19.2. The van der Waals surface area contributed by atoms with Gasteiger partial charge in [0.1, 0.15) is 5.60 Å². The quantitative estimate of drug-likeness (QED) is 0.406. The lowest BCUT2D eigenvalue weighted by Gasteiger charge is -2.35. The van der Waals surface area contributed by atoms with Crippen LogP contribution in [0.1, 0.15) is 63.9 Å². The van der Waals surface area contributed by atoms with Crippen molar-refractivity contribution >= 4 is 11.9 Å². The van der Waals surface area contributed by atoms with Crippen LogP contribution in [-0.2, 0) is 15.5 Å². The molecule has 2 N–H and O–H groups in total. The number of hydrogen-bond donors (Lipinski definition) is 2. The summed E-state index contributed by atoms with van der Waals surface area (Å²) in [7, 11) is 0. The number of halogens is 2. The van der Waals surface area contributed by atoms with Crippen molar-refractivity contribution in [1.82, 2.24) is 4.90 Å². The molecule has 1 aromatic rings. The number of amides is 1. The van der Waals surface area contributed by atoms with Gasteiger partial charge in [0.05, 0.1) is 6.04 Å². The maximum Gasteiger partial charge on any atom is 0.304 e. The normalized spacial score (nSPS) is 19.8. The fraction of sp³-hybridized carbons (Fsp3) is 0.565. The lowest BCUT2D eigenvalue weighted by molar-refractivity contribution is -0.152. The molecule has 166 valence electrons. The number of rotatable bonds is 11. The second kappa shape index (κ2) is 10.7. The molecule has 0 radical (unpaired) electrons. The summed E-state index contributed by atoms with van der Waals surface area (Å²) in [6.07, 6.45) is 7.45. The number of nitrogens with zero attached hydrogens (tertiary/aromatic N) is 1. The zero-order valence-corrected chi connectivity index (χ0v) is 17.4. The largest absolute Gasteiger partial charge is 0.481 e. The Balaban J connectivity index is 1.99. The van der Waals surface area contributed by atoms with Gasteiger partial charge in [0.15, 0.2) is 0 Å².